The van der Waals surface area contributed by atoms with Crippen LogP contribution in [-0.2, 0) is 19.9 Å². The van der Waals surface area contributed by atoms with E-state index in [2.05, 4.69) is 22.3 Å². The molecule has 2 aromatic carbocycles. The minimum absolute atomic E-state index is 0.122. The number of fused-ring (bicyclic) bond motifs is 1. The number of ketones is 1. The third-order valence-corrected chi connectivity index (χ3v) is 6.45. The molecule has 0 amide bonds. The molecule has 0 radical (unpaired) electrons. The van der Waals surface area contributed by atoms with Crippen molar-refractivity contribution in [1.82, 2.24) is 14.8 Å². The maximum absolute atomic E-state index is 12.9. The number of halogens is 1. The maximum atomic E-state index is 12.9. The number of rotatable bonds is 5. The summed E-state index contributed by atoms with van der Waals surface area (Å²) in [7, 11) is 1.90. The number of nitrogens with zero attached hydrogens (tertiary/aromatic N) is 3. The van der Waals surface area contributed by atoms with Gasteiger partial charge in [0.1, 0.15) is 0 Å². The largest absolute Gasteiger partial charge is 0.305 e. The number of aryl methyl sites for hydroxylation is 2. The van der Waals surface area contributed by atoms with Crippen molar-refractivity contribution in [2.24, 2.45) is 7.05 Å². The smallest absolute Gasteiger partial charge is 0.191 e. The van der Waals surface area contributed by atoms with Gasteiger partial charge in [-0.15, -0.1) is 10.2 Å². The van der Waals surface area contributed by atoms with Crippen LogP contribution in [0.5, 0.6) is 0 Å². The van der Waals surface area contributed by atoms with E-state index in [0.29, 0.717) is 16.0 Å². The molecule has 1 unspecified atom stereocenters. The lowest BCUT2D eigenvalue weighted by Crippen LogP contribution is -2.14. The highest BCUT2D eigenvalue weighted by Gasteiger charge is 2.22. The Morgan fingerprint density at radius 2 is 1.93 bits per heavy atom. The zero-order chi connectivity index (χ0) is 19.0. The zero-order valence-corrected chi connectivity index (χ0v) is 16.8. The van der Waals surface area contributed by atoms with E-state index in [0.717, 1.165) is 24.0 Å². The van der Waals surface area contributed by atoms with Gasteiger partial charge in [-0.1, -0.05) is 47.6 Å². The second-order valence-corrected chi connectivity index (χ2v) is 8.52. The Bertz CT molecular complexity index is 1010. The van der Waals surface area contributed by atoms with Gasteiger partial charge in [-0.3, -0.25) is 4.79 Å². The van der Waals surface area contributed by atoms with Crippen molar-refractivity contribution in [3.8, 4) is 11.4 Å². The first-order valence-corrected chi connectivity index (χ1v) is 10.3. The van der Waals surface area contributed by atoms with Crippen molar-refractivity contribution in [2.75, 3.05) is 0 Å². The first-order valence-electron chi connectivity index (χ1n) is 9.01. The summed E-state index contributed by atoms with van der Waals surface area (Å²) >= 11 is 7.71. The number of aromatic nitrogens is 3. The normalized spacial score (nSPS) is 14.2. The molecule has 138 valence electrons. The molecule has 1 aliphatic carbocycles. The van der Waals surface area contributed by atoms with Crippen molar-refractivity contribution >= 4 is 29.1 Å². The standard InChI is InChI=1S/C21H20ClN3OS/c1-13(19(26)16-11-10-14-6-5-7-15(14)12-16)27-21-24-23-20(25(21)2)17-8-3-4-9-18(17)22/h3-4,8-13H,5-7H2,1-2H3. The third kappa shape index (κ3) is 3.54. The number of carbonyl (C=O) groups is 1. The van der Waals surface area contributed by atoms with Gasteiger partial charge in [0, 0.05) is 18.2 Å². The topological polar surface area (TPSA) is 47.8 Å². The monoisotopic (exact) mass is 397 g/mol. The molecule has 1 heterocycles. The van der Waals surface area contributed by atoms with Crippen molar-refractivity contribution in [2.45, 2.75) is 36.6 Å². The Balaban J connectivity index is 1.54. The van der Waals surface area contributed by atoms with E-state index in [-0.39, 0.29) is 11.0 Å². The highest BCUT2D eigenvalue weighted by molar-refractivity contribution is 8.00. The number of thioether (sulfide) groups is 1. The van der Waals surface area contributed by atoms with Gasteiger partial charge in [-0.25, -0.2) is 0 Å². The fraction of sp³-hybridized carbons (Fsp3) is 0.286. The van der Waals surface area contributed by atoms with E-state index in [1.54, 1.807) is 0 Å². The molecule has 27 heavy (non-hydrogen) atoms. The van der Waals surface area contributed by atoms with Crippen molar-refractivity contribution in [3.05, 3.63) is 64.2 Å². The van der Waals surface area contributed by atoms with Crippen LogP contribution in [0.4, 0.5) is 0 Å². The molecule has 0 aliphatic heterocycles. The van der Waals surface area contributed by atoms with Gasteiger partial charge in [-0.2, -0.15) is 0 Å². The molecule has 0 fully saturated rings. The van der Waals surface area contributed by atoms with Crippen molar-refractivity contribution in [3.63, 3.8) is 0 Å². The Morgan fingerprint density at radius 3 is 2.74 bits per heavy atom. The lowest BCUT2D eigenvalue weighted by molar-refractivity contribution is 0.0993. The van der Waals surface area contributed by atoms with E-state index in [1.165, 1.54) is 29.3 Å². The molecule has 0 saturated carbocycles. The Labute approximate surface area is 168 Å². The number of hydrogen-bond acceptors (Lipinski definition) is 4. The van der Waals surface area contributed by atoms with Crippen molar-refractivity contribution < 1.29 is 4.79 Å². The van der Waals surface area contributed by atoms with Crippen LogP contribution in [0.25, 0.3) is 11.4 Å². The van der Waals surface area contributed by atoms with Crippen LogP contribution in [-0.4, -0.2) is 25.8 Å². The molecule has 0 bridgehead atoms. The predicted octanol–water partition coefficient (Wildman–Crippen LogP) is 4.99. The molecule has 1 aliphatic rings. The summed E-state index contributed by atoms with van der Waals surface area (Å²) in [5.74, 6) is 0.817. The summed E-state index contributed by atoms with van der Waals surface area (Å²) in [6.45, 7) is 1.92. The quantitative estimate of drug-likeness (QED) is 0.449. The fourth-order valence-corrected chi connectivity index (χ4v) is 4.58. The lowest BCUT2D eigenvalue weighted by Gasteiger charge is -2.11. The highest BCUT2D eigenvalue weighted by Crippen LogP contribution is 2.31. The molecular weight excluding hydrogens is 378 g/mol. The van der Waals surface area contributed by atoms with E-state index >= 15 is 0 Å². The minimum Gasteiger partial charge on any atom is -0.305 e. The third-order valence-electron chi connectivity index (χ3n) is 4.98. The molecule has 4 nitrogen and oxygen atoms in total. The Hall–Kier alpha value is -2.11. The Kier molecular flexibility index (Phi) is 5.06. The van der Waals surface area contributed by atoms with Crippen LogP contribution in [0.15, 0.2) is 47.6 Å². The first kappa shape index (κ1) is 18.3. The summed E-state index contributed by atoms with van der Waals surface area (Å²) in [5, 5.41) is 9.64. The van der Waals surface area contributed by atoms with Crippen LogP contribution in [0.2, 0.25) is 5.02 Å². The maximum Gasteiger partial charge on any atom is 0.191 e. The summed E-state index contributed by atoms with van der Waals surface area (Å²) in [6.07, 6.45) is 3.38. The second-order valence-electron chi connectivity index (χ2n) is 6.81. The summed E-state index contributed by atoms with van der Waals surface area (Å²) < 4.78 is 1.89. The van der Waals surface area contributed by atoms with Crippen LogP contribution in [0.1, 0.15) is 34.8 Å². The average Bonchev–Trinajstić information content (AvgIpc) is 3.28. The zero-order valence-electron chi connectivity index (χ0n) is 15.3. The van der Waals surface area contributed by atoms with Crippen LogP contribution < -0.4 is 0 Å². The molecule has 1 atom stereocenters. The number of hydrogen-bond donors (Lipinski definition) is 0. The van der Waals surface area contributed by atoms with Gasteiger partial charge >= 0.3 is 0 Å². The minimum atomic E-state index is -0.244. The van der Waals surface area contributed by atoms with Gasteiger partial charge in [0.2, 0.25) is 0 Å². The molecule has 3 aromatic rings. The number of carbonyl (C=O) groups excluding carboxylic acids is 1. The van der Waals surface area contributed by atoms with E-state index in [9.17, 15) is 4.79 Å². The van der Waals surface area contributed by atoms with Crippen LogP contribution in [0.3, 0.4) is 0 Å². The van der Waals surface area contributed by atoms with E-state index in [1.807, 2.05) is 48.9 Å². The van der Waals surface area contributed by atoms with E-state index < -0.39 is 0 Å². The summed E-state index contributed by atoms with van der Waals surface area (Å²) in [6, 6.07) is 13.7. The molecule has 0 spiro atoms. The summed E-state index contributed by atoms with van der Waals surface area (Å²) in [4.78, 5) is 12.9. The van der Waals surface area contributed by atoms with Gasteiger partial charge in [0.05, 0.1) is 10.3 Å². The molecule has 4 rings (SSSR count). The van der Waals surface area contributed by atoms with Gasteiger partial charge in [0.25, 0.3) is 0 Å². The molecule has 0 saturated heterocycles. The molecule has 1 aromatic heterocycles. The SMILES string of the molecule is CC(Sc1nnc(-c2ccccc2Cl)n1C)C(=O)c1ccc2c(c1)CCC2. The predicted molar refractivity (Wildman–Crippen MR) is 110 cm³/mol. The molecular formula is C21H20ClN3OS. The molecule has 0 N–H and O–H groups in total. The van der Waals surface area contributed by atoms with Crippen LogP contribution >= 0.6 is 23.4 Å². The van der Waals surface area contributed by atoms with Crippen molar-refractivity contribution in [1.29, 1.82) is 0 Å². The average molecular weight is 398 g/mol. The summed E-state index contributed by atoms with van der Waals surface area (Å²) in [5.41, 5.74) is 4.31. The Morgan fingerprint density at radius 1 is 1.15 bits per heavy atom. The molecule has 6 heteroatoms. The van der Waals surface area contributed by atoms with Gasteiger partial charge < -0.3 is 4.57 Å². The van der Waals surface area contributed by atoms with Crippen LogP contribution in [0, 0.1) is 0 Å². The highest BCUT2D eigenvalue weighted by atomic mass is 35.5. The fourth-order valence-electron chi connectivity index (χ4n) is 3.47. The van der Waals surface area contributed by atoms with Gasteiger partial charge in [-0.05, 0) is 55.5 Å². The first-order chi connectivity index (χ1) is 13.0. The second kappa shape index (κ2) is 7.49. The van der Waals surface area contributed by atoms with Gasteiger partial charge in [0.15, 0.2) is 16.8 Å². The number of benzene rings is 2. The van der Waals surface area contributed by atoms with E-state index in [4.69, 9.17) is 11.6 Å². The number of Topliss-reactive ketones (excluding diaryl/α,β-unsaturated/α-hetero) is 1. The lowest BCUT2D eigenvalue weighted by atomic mass is 10.0.